The van der Waals surface area contributed by atoms with Crippen LogP contribution in [-0.2, 0) is 16.0 Å². The number of hydrogen-bond donors (Lipinski definition) is 0. The molecule has 6 nitrogen and oxygen atoms in total. The molecule has 1 aromatic carbocycles. The highest BCUT2D eigenvalue weighted by Gasteiger charge is 2.38. The van der Waals surface area contributed by atoms with Crippen LogP contribution in [0.3, 0.4) is 0 Å². The van der Waals surface area contributed by atoms with E-state index >= 15 is 0 Å². The fourth-order valence-electron chi connectivity index (χ4n) is 2.81. The topological polar surface area (TPSA) is 68.5 Å². The lowest BCUT2D eigenvalue weighted by Gasteiger charge is -2.19. The number of aromatic nitrogens is 2. The third-order valence-electron chi connectivity index (χ3n) is 4.04. The molecule has 1 saturated heterocycles. The van der Waals surface area contributed by atoms with Gasteiger partial charge >= 0.3 is 0 Å². The van der Waals surface area contributed by atoms with Crippen LogP contribution in [-0.4, -0.2) is 40.7 Å². The van der Waals surface area contributed by atoms with Crippen molar-refractivity contribution in [3.05, 3.63) is 46.6 Å². The average molecular weight is 336 g/mol. The largest absolute Gasteiger partial charge is 0.380 e. The molecular weight excluding hydrogens is 318 g/mol. The molecule has 3 rings (SSSR count). The van der Waals surface area contributed by atoms with Crippen LogP contribution in [0.1, 0.15) is 36.7 Å². The Morgan fingerprint density at radius 1 is 1.43 bits per heavy atom. The molecule has 2 aromatic rings. The molecule has 1 amide bonds. The predicted octanol–water partition coefficient (Wildman–Crippen LogP) is 2.62. The molecule has 0 aliphatic carbocycles. The molecule has 1 fully saturated rings. The van der Waals surface area contributed by atoms with Gasteiger partial charge in [0.1, 0.15) is 6.04 Å². The lowest BCUT2D eigenvalue weighted by atomic mass is 10.1. The lowest BCUT2D eigenvalue weighted by molar-refractivity contribution is -0.130. The Morgan fingerprint density at radius 2 is 2.17 bits per heavy atom. The third kappa shape index (κ3) is 3.54. The van der Waals surface area contributed by atoms with Crippen LogP contribution in [0, 0.1) is 0 Å². The van der Waals surface area contributed by atoms with Gasteiger partial charge < -0.3 is 14.2 Å². The molecule has 2 heterocycles. The molecule has 1 aromatic heterocycles. The SMILES string of the molecule is CO[C@H]1C[C@H](c2nc(Cc3ccc(Cl)cc3)no2)N(C(C)=O)C1. The van der Waals surface area contributed by atoms with Crippen molar-refractivity contribution in [3.8, 4) is 0 Å². The van der Waals surface area contributed by atoms with Gasteiger partial charge in [0, 0.05) is 38.4 Å². The zero-order chi connectivity index (χ0) is 16.4. The van der Waals surface area contributed by atoms with E-state index < -0.39 is 0 Å². The average Bonchev–Trinajstić information content (AvgIpc) is 3.16. The van der Waals surface area contributed by atoms with Crippen molar-refractivity contribution in [1.82, 2.24) is 15.0 Å². The molecule has 122 valence electrons. The Bertz CT molecular complexity index is 686. The van der Waals surface area contributed by atoms with Crippen LogP contribution in [0.5, 0.6) is 0 Å². The standard InChI is InChI=1S/C16H18ClN3O3/c1-10(21)20-9-13(22-2)8-14(20)16-18-15(19-23-16)7-11-3-5-12(17)6-4-11/h3-6,13-14H,7-9H2,1-2H3/t13-,14+/m0/s1. The zero-order valence-corrected chi connectivity index (χ0v) is 13.8. The van der Waals surface area contributed by atoms with Gasteiger partial charge in [-0.2, -0.15) is 4.98 Å². The van der Waals surface area contributed by atoms with Crippen LogP contribution in [0.25, 0.3) is 0 Å². The molecule has 0 saturated carbocycles. The van der Waals surface area contributed by atoms with Gasteiger partial charge in [0.2, 0.25) is 11.8 Å². The number of halogens is 1. The van der Waals surface area contributed by atoms with Crippen molar-refractivity contribution in [2.75, 3.05) is 13.7 Å². The smallest absolute Gasteiger partial charge is 0.249 e. The van der Waals surface area contributed by atoms with E-state index in [1.165, 1.54) is 6.92 Å². The molecule has 0 N–H and O–H groups in total. The minimum Gasteiger partial charge on any atom is -0.380 e. The number of amides is 1. The molecule has 0 bridgehead atoms. The monoisotopic (exact) mass is 335 g/mol. The molecule has 0 unspecified atom stereocenters. The van der Waals surface area contributed by atoms with Gasteiger partial charge in [0.05, 0.1) is 6.10 Å². The summed E-state index contributed by atoms with van der Waals surface area (Å²) in [6, 6.07) is 7.29. The Hall–Kier alpha value is -1.92. The second kappa shape index (κ2) is 6.68. The summed E-state index contributed by atoms with van der Waals surface area (Å²) in [7, 11) is 1.64. The number of carbonyl (C=O) groups excluding carboxylic acids is 1. The van der Waals surface area contributed by atoms with E-state index in [0.717, 1.165) is 5.56 Å². The highest BCUT2D eigenvalue weighted by atomic mass is 35.5. The molecule has 7 heteroatoms. The fourth-order valence-corrected chi connectivity index (χ4v) is 2.94. The van der Waals surface area contributed by atoms with Gasteiger partial charge in [0.15, 0.2) is 5.82 Å². The number of nitrogens with zero attached hydrogens (tertiary/aromatic N) is 3. The number of methoxy groups -OCH3 is 1. The quantitative estimate of drug-likeness (QED) is 0.859. The minimum atomic E-state index is -0.219. The van der Waals surface area contributed by atoms with Gasteiger partial charge in [-0.05, 0) is 17.7 Å². The number of benzene rings is 1. The van der Waals surface area contributed by atoms with Crippen molar-refractivity contribution in [2.45, 2.75) is 31.9 Å². The summed E-state index contributed by atoms with van der Waals surface area (Å²) in [5.74, 6) is 1.03. The number of likely N-dealkylation sites (tertiary alicyclic amines) is 1. The summed E-state index contributed by atoms with van der Waals surface area (Å²) in [5, 5.41) is 4.72. The van der Waals surface area contributed by atoms with Gasteiger partial charge in [-0.25, -0.2) is 0 Å². The second-order valence-corrected chi connectivity index (χ2v) is 6.07. The molecule has 23 heavy (non-hydrogen) atoms. The maximum Gasteiger partial charge on any atom is 0.249 e. The van der Waals surface area contributed by atoms with E-state index in [9.17, 15) is 4.79 Å². The maximum absolute atomic E-state index is 11.8. The first kappa shape index (κ1) is 16.0. The van der Waals surface area contributed by atoms with Gasteiger partial charge in [-0.1, -0.05) is 28.9 Å². The lowest BCUT2D eigenvalue weighted by Crippen LogP contribution is -2.29. The van der Waals surface area contributed by atoms with Gasteiger partial charge in [-0.3, -0.25) is 4.79 Å². The summed E-state index contributed by atoms with van der Waals surface area (Å²) in [5.41, 5.74) is 1.05. The first-order valence-corrected chi connectivity index (χ1v) is 7.81. The highest BCUT2D eigenvalue weighted by Crippen LogP contribution is 2.32. The number of hydrogen-bond acceptors (Lipinski definition) is 5. The summed E-state index contributed by atoms with van der Waals surface area (Å²) in [4.78, 5) is 18.0. The van der Waals surface area contributed by atoms with Crippen molar-refractivity contribution < 1.29 is 14.1 Å². The maximum atomic E-state index is 11.8. The fraction of sp³-hybridized carbons (Fsp3) is 0.438. The van der Waals surface area contributed by atoms with Crippen LogP contribution < -0.4 is 0 Å². The van der Waals surface area contributed by atoms with Crippen LogP contribution in [0.4, 0.5) is 0 Å². The Balaban J connectivity index is 1.75. The summed E-state index contributed by atoms with van der Waals surface area (Å²) in [6.45, 7) is 2.08. The Kier molecular flexibility index (Phi) is 4.63. The van der Waals surface area contributed by atoms with E-state index in [-0.39, 0.29) is 18.1 Å². The molecule has 2 atom stereocenters. The van der Waals surface area contributed by atoms with Crippen LogP contribution in [0.15, 0.2) is 28.8 Å². The number of rotatable bonds is 4. The number of ether oxygens (including phenoxy) is 1. The third-order valence-corrected chi connectivity index (χ3v) is 4.30. The Morgan fingerprint density at radius 3 is 2.83 bits per heavy atom. The summed E-state index contributed by atoms with van der Waals surface area (Å²) >= 11 is 5.88. The van der Waals surface area contributed by atoms with E-state index in [0.29, 0.717) is 36.1 Å². The highest BCUT2D eigenvalue weighted by molar-refractivity contribution is 6.30. The van der Waals surface area contributed by atoms with Crippen LogP contribution >= 0.6 is 11.6 Å². The van der Waals surface area contributed by atoms with Crippen molar-refractivity contribution in [3.63, 3.8) is 0 Å². The Labute approximate surface area is 139 Å². The first-order chi connectivity index (χ1) is 11.1. The number of carbonyl (C=O) groups is 1. The predicted molar refractivity (Wildman–Crippen MR) is 84.1 cm³/mol. The zero-order valence-electron chi connectivity index (χ0n) is 13.0. The summed E-state index contributed by atoms with van der Waals surface area (Å²) in [6.07, 6.45) is 1.22. The van der Waals surface area contributed by atoms with Gasteiger partial charge in [-0.15, -0.1) is 0 Å². The van der Waals surface area contributed by atoms with E-state index in [1.54, 1.807) is 12.0 Å². The molecule has 0 radical (unpaired) electrons. The second-order valence-electron chi connectivity index (χ2n) is 5.63. The summed E-state index contributed by atoms with van der Waals surface area (Å²) < 4.78 is 10.7. The van der Waals surface area contributed by atoms with Gasteiger partial charge in [0.25, 0.3) is 0 Å². The van der Waals surface area contributed by atoms with Crippen molar-refractivity contribution in [1.29, 1.82) is 0 Å². The van der Waals surface area contributed by atoms with Crippen molar-refractivity contribution in [2.24, 2.45) is 0 Å². The van der Waals surface area contributed by atoms with Crippen LogP contribution in [0.2, 0.25) is 5.02 Å². The van der Waals surface area contributed by atoms with E-state index in [1.807, 2.05) is 24.3 Å². The van der Waals surface area contributed by atoms with Crippen molar-refractivity contribution >= 4 is 17.5 Å². The first-order valence-electron chi connectivity index (χ1n) is 7.43. The molecular formula is C16H18ClN3O3. The molecule has 1 aliphatic heterocycles. The minimum absolute atomic E-state index is 0.00415. The molecule has 0 spiro atoms. The normalized spacial score (nSPS) is 20.9. The van der Waals surface area contributed by atoms with E-state index in [2.05, 4.69) is 10.1 Å². The van der Waals surface area contributed by atoms with E-state index in [4.69, 9.17) is 20.9 Å². The molecule has 1 aliphatic rings.